The van der Waals surface area contributed by atoms with Gasteiger partial charge in [0.2, 0.25) is 21.8 Å². The second-order valence-electron chi connectivity index (χ2n) is 8.75. The highest BCUT2D eigenvalue weighted by Crippen LogP contribution is 2.26. The number of carbonyl (C=O) groups is 2. The van der Waals surface area contributed by atoms with Crippen LogP contribution in [0.2, 0.25) is 0 Å². The van der Waals surface area contributed by atoms with Crippen LogP contribution in [0.1, 0.15) is 45.1 Å². The molecule has 0 aliphatic carbocycles. The summed E-state index contributed by atoms with van der Waals surface area (Å²) in [5.41, 5.74) is 5.17. The Labute approximate surface area is 196 Å². The molecule has 0 spiro atoms. The molecule has 33 heavy (non-hydrogen) atoms. The van der Waals surface area contributed by atoms with Gasteiger partial charge in [-0.1, -0.05) is 56.3 Å². The zero-order valence-electron chi connectivity index (χ0n) is 19.4. The van der Waals surface area contributed by atoms with Crippen LogP contribution in [-0.2, 0) is 24.3 Å². The van der Waals surface area contributed by atoms with Crippen LogP contribution in [0.3, 0.4) is 0 Å². The third-order valence-corrected chi connectivity index (χ3v) is 6.70. The topological polar surface area (TPSA) is 125 Å². The highest BCUT2D eigenvalue weighted by atomic mass is 32.2. The largest absolute Gasteiger partial charge is 0.381 e. The molecule has 0 bridgehead atoms. The van der Waals surface area contributed by atoms with E-state index in [0.29, 0.717) is 32.5 Å². The average molecular weight is 482 g/mol. The van der Waals surface area contributed by atoms with Gasteiger partial charge in [-0.2, -0.15) is 0 Å². The fraction of sp³-hybridized carbons (Fsp3) is 0.565. The van der Waals surface area contributed by atoms with E-state index in [4.69, 9.17) is 4.74 Å². The molecule has 2 amide bonds. The monoisotopic (exact) mass is 481 g/mol. The molecule has 9 nitrogen and oxygen atoms in total. The summed E-state index contributed by atoms with van der Waals surface area (Å²) in [7, 11) is -3.74. The number of hydrazine groups is 1. The van der Waals surface area contributed by atoms with Crippen LogP contribution in [0.25, 0.3) is 6.08 Å². The molecule has 3 N–H and O–H groups in total. The summed E-state index contributed by atoms with van der Waals surface area (Å²) in [4.78, 5) is 25.9. The molecule has 1 aliphatic rings. The Balaban J connectivity index is 2.26. The zero-order valence-corrected chi connectivity index (χ0v) is 20.3. The first-order valence-electron chi connectivity index (χ1n) is 11.2. The summed E-state index contributed by atoms with van der Waals surface area (Å²) in [6, 6.07) is 9.09. The van der Waals surface area contributed by atoms with E-state index in [0.717, 1.165) is 16.2 Å². The second kappa shape index (κ2) is 12.8. The summed E-state index contributed by atoms with van der Waals surface area (Å²) in [5.74, 6) is -2.93. The Hall–Kier alpha value is -2.27. The summed E-state index contributed by atoms with van der Waals surface area (Å²) >= 11 is 0. The molecule has 1 saturated heterocycles. The fourth-order valence-electron chi connectivity index (χ4n) is 3.97. The molecule has 2 atom stereocenters. The Morgan fingerprint density at radius 2 is 1.79 bits per heavy atom. The van der Waals surface area contributed by atoms with Crippen molar-refractivity contribution in [1.29, 1.82) is 0 Å². The van der Waals surface area contributed by atoms with E-state index in [-0.39, 0.29) is 12.3 Å². The van der Waals surface area contributed by atoms with Crippen molar-refractivity contribution in [2.45, 2.75) is 45.6 Å². The highest BCUT2D eigenvalue weighted by Gasteiger charge is 2.37. The van der Waals surface area contributed by atoms with Gasteiger partial charge in [-0.25, -0.2) is 13.9 Å². The Morgan fingerprint density at radius 3 is 2.33 bits per heavy atom. The van der Waals surface area contributed by atoms with Gasteiger partial charge in [0.25, 0.3) is 0 Å². The van der Waals surface area contributed by atoms with Gasteiger partial charge in [-0.3, -0.25) is 20.2 Å². The van der Waals surface area contributed by atoms with Crippen molar-refractivity contribution < 1.29 is 28.0 Å². The Bertz CT molecular complexity index is 898. The number of nitrogens with zero attached hydrogens (tertiary/aromatic N) is 1. The first-order valence-corrected chi connectivity index (χ1v) is 13.0. The van der Waals surface area contributed by atoms with Crippen molar-refractivity contribution in [2.75, 3.05) is 19.5 Å². The molecule has 0 aromatic heterocycles. The predicted octanol–water partition coefficient (Wildman–Crippen LogP) is 2.35. The SMILES string of the molecule is CC(C)C[C@@H](C(=O)NN(C1CCOCC1)S(C)(=O)=O)[C@H](C/C=C/c1ccccc1)C(=O)NO. The molecule has 0 radical (unpaired) electrons. The van der Waals surface area contributed by atoms with E-state index in [9.17, 15) is 23.2 Å². The molecule has 184 valence electrons. The first-order chi connectivity index (χ1) is 15.6. The number of hydrogen-bond donors (Lipinski definition) is 3. The van der Waals surface area contributed by atoms with Crippen LogP contribution in [0, 0.1) is 17.8 Å². The first kappa shape index (κ1) is 27.0. The number of hydroxylamine groups is 1. The molecule has 10 heteroatoms. The van der Waals surface area contributed by atoms with Crippen molar-refractivity contribution in [3.05, 3.63) is 42.0 Å². The Morgan fingerprint density at radius 1 is 1.15 bits per heavy atom. The van der Waals surface area contributed by atoms with Crippen LogP contribution in [-0.4, -0.2) is 55.4 Å². The quantitative estimate of drug-likeness (QED) is 0.329. The van der Waals surface area contributed by atoms with Crippen LogP contribution in [0.15, 0.2) is 36.4 Å². The molecule has 0 saturated carbocycles. The van der Waals surface area contributed by atoms with Gasteiger partial charge >= 0.3 is 0 Å². The van der Waals surface area contributed by atoms with Gasteiger partial charge in [0.05, 0.1) is 18.1 Å². The van der Waals surface area contributed by atoms with Crippen LogP contribution in [0.4, 0.5) is 0 Å². The van der Waals surface area contributed by atoms with E-state index < -0.39 is 39.7 Å². The molecule has 1 aromatic rings. The lowest BCUT2D eigenvalue weighted by molar-refractivity contribution is -0.142. The smallest absolute Gasteiger partial charge is 0.247 e. The maximum absolute atomic E-state index is 13.3. The van der Waals surface area contributed by atoms with Crippen LogP contribution in [0.5, 0.6) is 0 Å². The van der Waals surface area contributed by atoms with Gasteiger partial charge < -0.3 is 4.74 Å². The number of ether oxygens (including phenoxy) is 1. The number of carbonyl (C=O) groups excluding carboxylic acids is 2. The van der Waals surface area contributed by atoms with Gasteiger partial charge in [0, 0.05) is 19.3 Å². The lowest BCUT2D eigenvalue weighted by Gasteiger charge is -2.34. The number of benzene rings is 1. The normalized spacial score (nSPS) is 17.3. The van der Waals surface area contributed by atoms with Crippen LogP contribution >= 0.6 is 0 Å². The summed E-state index contributed by atoms with van der Waals surface area (Å²) < 4.78 is 31.2. The van der Waals surface area contributed by atoms with Gasteiger partial charge in [0.1, 0.15) is 0 Å². The predicted molar refractivity (Wildman–Crippen MR) is 125 cm³/mol. The van der Waals surface area contributed by atoms with E-state index in [1.165, 1.54) is 0 Å². The minimum absolute atomic E-state index is 0.0580. The minimum Gasteiger partial charge on any atom is -0.381 e. The lowest BCUT2D eigenvalue weighted by Crippen LogP contribution is -2.55. The van der Waals surface area contributed by atoms with Crippen molar-refractivity contribution in [2.24, 2.45) is 17.8 Å². The highest BCUT2D eigenvalue weighted by molar-refractivity contribution is 7.88. The molecular formula is C23H35N3O6S. The third-order valence-electron chi connectivity index (χ3n) is 5.59. The van der Waals surface area contributed by atoms with E-state index in [2.05, 4.69) is 5.43 Å². The number of rotatable bonds is 11. The van der Waals surface area contributed by atoms with Gasteiger partial charge in [-0.15, -0.1) is 4.41 Å². The van der Waals surface area contributed by atoms with E-state index >= 15 is 0 Å². The molecule has 1 heterocycles. The molecular weight excluding hydrogens is 446 g/mol. The molecule has 1 fully saturated rings. The van der Waals surface area contributed by atoms with E-state index in [1.807, 2.05) is 50.3 Å². The number of hydrogen-bond acceptors (Lipinski definition) is 6. The molecule has 1 aliphatic heterocycles. The zero-order chi connectivity index (χ0) is 24.4. The van der Waals surface area contributed by atoms with Crippen molar-refractivity contribution >= 4 is 27.9 Å². The van der Waals surface area contributed by atoms with Crippen molar-refractivity contribution in [3.63, 3.8) is 0 Å². The lowest BCUT2D eigenvalue weighted by atomic mass is 9.82. The summed E-state index contributed by atoms with van der Waals surface area (Å²) in [6.07, 6.45) is 6.12. The standard InChI is InChI=1S/C23H35N3O6S/c1-17(2)16-21(20(23(28)25-29)11-7-10-18-8-5-4-6-9-18)22(27)24-26(33(3,30)31)19-12-14-32-15-13-19/h4-10,17,19-21,29H,11-16H2,1-3H3,(H,24,27)(H,25,28)/b10-7+/t20-,21+/m0/s1. The summed E-state index contributed by atoms with van der Waals surface area (Å²) in [6.45, 7) is 4.64. The van der Waals surface area contributed by atoms with Gasteiger partial charge in [0.15, 0.2) is 0 Å². The second-order valence-corrected chi connectivity index (χ2v) is 10.6. The molecule has 0 unspecified atom stereocenters. The molecule has 2 rings (SSSR count). The average Bonchev–Trinajstić information content (AvgIpc) is 2.78. The number of nitrogens with one attached hydrogen (secondary N) is 2. The number of allylic oxidation sites excluding steroid dienone is 1. The Kier molecular flexibility index (Phi) is 10.5. The minimum atomic E-state index is -3.74. The van der Waals surface area contributed by atoms with Gasteiger partial charge in [-0.05, 0) is 37.2 Å². The third kappa shape index (κ3) is 8.54. The molecule has 1 aromatic carbocycles. The van der Waals surface area contributed by atoms with Crippen molar-refractivity contribution in [1.82, 2.24) is 15.3 Å². The maximum atomic E-state index is 13.3. The summed E-state index contributed by atoms with van der Waals surface area (Å²) in [5, 5.41) is 9.33. The van der Waals surface area contributed by atoms with Crippen LogP contribution < -0.4 is 10.9 Å². The van der Waals surface area contributed by atoms with E-state index in [1.54, 1.807) is 11.6 Å². The number of amides is 2. The maximum Gasteiger partial charge on any atom is 0.247 e. The fourth-order valence-corrected chi connectivity index (χ4v) is 4.98. The number of sulfonamides is 1. The van der Waals surface area contributed by atoms with Crippen molar-refractivity contribution in [3.8, 4) is 0 Å².